The number of carbonyl (C=O) groups is 1. The summed E-state index contributed by atoms with van der Waals surface area (Å²) in [4.78, 5) is 34.7. The van der Waals surface area contributed by atoms with E-state index >= 15 is 0 Å². The molecule has 1 fully saturated rings. The molecule has 1 aliphatic heterocycles. The summed E-state index contributed by atoms with van der Waals surface area (Å²) in [6, 6.07) is 6.92. The quantitative estimate of drug-likeness (QED) is 0.348. The normalized spacial score (nSPS) is 15.8. The molecule has 1 aliphatic carbocycles. The highest BCUT2D eigenvalue weighted by Crippen LogP contribution is 2.44. The number of halogens is 5. The van der Waals surface area contributed by atoms with Gasteiger partial charge in [-0.25, -0.2) is 9.67 Å². The minimum absolute atomic E-state index is 0.0119. The number of fused-ring (bicyclic) bond motifs is 2. The van der Waals surface area contributed by atoms with Crippen LogP contribution < -0.4 is 24.7 Å². The molecule has 15 heteroatoms. The van der Waals surface area contributed by atoms with Gasteiger partial charge in [0.2, 0.25) is 5.91 Å². The van der Waals surface area contributed by atoms with Crippen LogP contribution in [0.2, 0.25) is 0 Å². The van der Waals surface area contributed by atoms with E-state index in [4.69, 9.17) is 4.74 Å². The monoisotopic (exact) mass is 563 g/mol. The van der Waals surface area contributed by atoms with Crippen LogP contribution in [0.1, 0.15) is 18.4 Å². The summed E-state index contributed by atoms with van der Waals surface area (Å²) in [5.74, 6) is -1.45. The number of nitrogens with zero attached hydrogens (tertiary/aromatic N) is 4. The third-order valence-electron chi connectivity index (χ3n) is 6.44. The van der Waals surface area contributed by atoms with Gasteiger partial charge in [-0.05, 0) is 43.2 Å². The van der Waals surface area contributed by atoms with Crippen molar-refractivity contribution in [3.63, 3.8) is 0 Å². The topological polar surface area (TPSA) is 112 Å². The van der Waals surface area contributed by atoms with Gasteiger partial charge in [0.05, 0.1) is 19.0 Å². The Balaban J connectivity index is 1.38. The zero-order chi connectivity index (χ0) is 28.4. The number of aromatic amines is 1. The van der Waals surface area contributed by atoms with Crippen LogP contribution in [0, 0.1) is 0 Å². The molecule has 2 aromatic heterocycles. The molecule has 0 saturated heterocycles. The third-order valence-corrected chi connectivity index (χ3v) is 6.44. The summed E-state index contributed by atoms with van der Waals surface area (Å²) in [7, 11) is 1.11. The number of benzene rings is 2. The number of nitrogens with one attached hydrogen (secondary N) is 1. The second-order valence-electron chi connectivity index (χ2n) is 9.14. The highest BCUT2D eigenvalue weighted by atomic mass is 19.4. The fraction of sp³-hybridized carbons (Fsp3) is 0.280. The van der Waals surface area contributed by atoms with Gasteiger partial charge in [-0.2, -0.15) is 18.3 Å². The van der Waals surface area contributed by atoms with Gasteiger partial charge >= 0.3 is 12.5 Å². The van der Waals surface area contributed by atoms with Crippen LogP contribution in [-0.4, -0.2) is 45.1 Å². The molecule has 1 N–H and O–H groups in total. The molecular weight excluding hydrogens is 545 g/mol. The number of methoxy groups -OCH3 is 1. The fourth-order valence-electron chi connectivity index (χ4n) is 4.54. The maximum Gasteiger partial charge on any atom is 0.586 e. The summed E-state index contributed by atoms with van der Waals surface area (Å²) >= 11 is 0. The van der Waals surface area contributed by atoms with E-state index in [2.05, 4.69) is 24.5 Å². The molecule has 6 rings (SSSR count). The van der Waals surface area contributed by atoms with Crippen LogP contribution >= 0.6 is 0 Å². The molecule has 208 valence electrons. The number of anilines is 1. The number of hydrogen-bond donors (Lipinski definition) is 1. The van der Waals surface area contributed by atoms with Crippen molar-refractivity contribution in [3.8, 4) is 28.5 Å². The Morgan fingerprint density at radius 3 is 2.62 bits per heavy atom. The van der Waals surface area contributed by atoms with E-state index in [0.29, 0.717) is 12.8 Å². The molecule has 10 nitrogen and oxygen atoms in total. The molecule has 0 radical (unpaired) electrons. The maximum absolute atomic E-state index is 13.7. The van der Waals surface area contributed by atoms with Crippen molar-refractivity contribution < 1.29 is 41.0 Å². The van der Waals surface area contributed by atoms with Gasteiger partial charge in [-0.1, -0.05) is 0 Å². The summed E-state index contributed by atoms with van der Waals surface area (Å²) in [6.45, 7) is -0.593. The molecule has 0 bridgehead atoms. The first-order valence-corrected chi connectivity index (χ1v) is 11.9. The maximum atomic E-state index is 13.7. The minimum atomic E-state index is -4.74. The molecule has 3 heterocycles. The number of hydrogen-bond acceptors (Lipinski definition) is 7. The Bertz CT molecular complexity index is 1710. The van der Waals surface area contributed by atoms with E-state index in [-0.39, 0.29) is 45.5 Å². The van der Waals surface area contributed by atoms with Gasteiger partial charge in [0.25, 0.3) is 5.56 Å². The van der Waals surface area contributed by atoms with Crippen molar-refractivity contribution in [1.82, 2.24) is 19.7 Å². The number of alkyl halides is 5. The number of rotatable bonds is 6. The largest absolute Gasteiger partial charge is 0.586 e. The van der Waals surface area contributed by atoms with E-state index in [1.807, 2.05) is 0 Å². The van der Waals surface area contributed by atoms with Crippen LogP contribution in [0.5, 0.6) is 17.2 Å². The van der Waals surface area contributed by atoms with E-state index in [1.165, 1.54) is 35.5 Å². The number of aromatic nitrogens is 4. The van der Waals surface area contributed by atoms with E-state index in [0.717, 1.165) is 23.9 Å². The number of ether oxygens (including phenoxy) is 3. The van der Waals surface area contributed by atoms with Crippen molar-refractivity contribution in [3.05, 3.63) is 58.6 Å². The average molecular weight is 563 g/mol. The lowest BCUT2D eigenvalue weighted by atomic mass is 10.1. The third kappa shape index (κ3) is 4.46. The van der Waals surface area contributed by atoms with Gasteiger partial charge in [0.1, 0.15) is 29.0 Å². The zero-order valence-electron chi connectivity index (χ0n) is 20.5. The van der Waals surface area contributed by atoms with Crippen molar-refractivity contribution in [1.29, 1.82) is 0 Å². The molecule has 0 atom stereocenters. The van der Waals surface area contributed by atoms with Crippen LogP contribution in [0.15, 0.2) is 47.5 Å². The molecule has 1 saturated carbocycles. The standard InChI is InChI=1S/C25H18F5N5O5/c1-38-16-6-2-12(8-15(16)24(26,27)28)20-21-22(32-11-31-21)23(37)34(33-20)10-19(36)35(13-3-4-13)14-5-7-17-18(9-14)40-25(29,30)39-17/h2,5-9,11,13H,3-4,10H2,1H3,(H,31,32). The Kier molecular flexibility index (Phi) is 5.71. The van der Waals surface area contributed by atoms with Gasteiger partial charge in [0, 0.05) is 23.4 Å². The van der Waals surface area contributed by atoms with Gasteiger partial charge in [0.15, 0.2) is 11.5 Å². The first-order valence-electron chi connectivity index (χ1n) is 11.9. The summed E-state index contributed by atoms with van der Waals surface area (Å²) in [5, 5.41) is 4.22. The number of carbonyl (C=O) groups excluding carboxylic acids is 1. The molecule has 0 spiro atoms. The van der Waals surface area contributed by atoms with E-state index < -0.39 is 41.8 Å². The van der Waals surface area contributed by atoms with Crippen LogP contribution in [0.3, 0.4) is 0 Å². The summed E-state index contributed by atoms with van der Waals surface area (Å²) in [5.41, 5.74) is -1.67. The van der Waals surface area contributed by atoms with E-state index in [9.17, 15) is 31.5 Å². The number of H-pyrrole nitrogens is 1. The Morgan fingerprint density at radius 1 is 1.18 bits per heavy atom. The molecule has 40 heavy (non-hydrogen) atoms. The second kappa shape index (κ2) is 8.93. The first-order chi connectivity index (χ1) is 18.9. The average Bonchev–Trinajstić information content (AvgIpc) is 3.49. The second-order valence-corrected chi connectivity index (χ2v) is 9.14. The van der Waals surface area contributed by atoms with Gasteiger partial charge < -0.3 is 24.1 Å². The predicted octanol–water partition coefficient (Wildman–Crippen LogP) is 4.33. The van der Waals surface area contributed by atoms with Crippen molar-refractivity contribution in [2.75, 3.05) is 12.0 Å². The SMILES string of the molecule is COc1ccc(-c2nn(CC(=O)N(c3ccc4c(c3)OC(F)(F)O4)C3CC3)c(=O)c3[nH]cnc23)cc1C(F)(F)F. The van der Waals surface area contributed by atoms with Crippen LogP contribution in [-0.2, 0) is 17.5 Å². The first kappa shape index (κ1) is 25.6. The fourth-order valence-corrected chi connectivity index (χ4v) is 4.54. The molecule has 4 aromatic rings. The minimum Gasteiger partial charge on any atom is -0.496 e. The van der Waals surface area contributed by atoms with Crippen LogP contribution in [0.4, 0.5) is 27.6 Å². The lowest BCUT2D eigenvalue weighted by Crippen LogP contribution is -2.39. The lowest BCUT2D eigenvalue weighted by Gasteiger charge is -2.23. The van der Waals surface area contributed by atoms with Gasteiger partial charge in [-0.15, -0.1) is 8.78 Å². The smallest absolute Gasteiger partial charge is 0.496 e. The summed E-state index contributed by atoms with van der Waals surface area (Å²) in [6.07, 6.45) is -6.12. The molecule has 1 amide bonds. The summed E-state index contributed by atoms with van der Waals surface area (Å²) < 4.78 is 82.6. The Labute approximate surface area is 220 Å². The molecular formula is C25H18F5N5O5. The van der Waals surface area contributed by atoms with Crippen LogP contribution in [0.25, 0.3) is 22.3 Å². The molecule has 2 aromatic carbocycles. The number of imidazole rings is 1. The predicted molar refractivity (Wildman–Crippen MR) is 128 cm³/mol. The van der Waals surface area contributed by atoms with E-state index in [1.54, 1.807) is 0 Å². The molecule has 2 aliphatic rings. The van der Waals surface area contributed by atoms with Crippen molar-refractivity contribution >= 4 is 22.6 Å². The molecule has 0 unspecified atom stereocenters. The highest BCUT2D eigenvalue weighted by Gasteiger charge is 2.44. The lowest BCUT2D eigenvalue weighted by molar-refractivity contribution is -0.286. The zero-order valence-corrected chi connectivity index (χ0v) is 20.5. The van der Waals surface area contributed by atoms with Crippen molar-refractivity contribution in [2.24, 2.45) is 0 Å². The van der Waals surface area contributed by atoms with Crippen molar-refractivity contribution in [2.45, 2.75) is 37.9 Å². The highest BCUT2D eigenvalue weighted by molar-refractivity contribution is 5.95. The Morgan fingerprint density at radius 2 is 1.93 bits per heavy atom. The Hall–Kier alpha value is -4.69. The van der Waals surface area contributed by atoms with Gasteiger partial charge in [-0.3, -0.25) is 9.59 Å². The number of amides is 1.